The molecule has 0 N–H and O–H groups in total. The van der Waals surface area contributed by atoms with Crippen LogP contribution in [0.25, 0.3) is 0 Å². The van der Waals surface area contributed by atoms with Crippen LogP contribution in [0, 0.1) is 83.0 Å². The predicted octanol–water partition coefficient (Wildman–Crippen LogP) is 8.34. The van der Waals surface area contributed by atoms with Crippen molar-refractivity contribution in [2.45, 2.75) is 93.4 Å². The Morgan fingerprint density at radius 1 is 0.660 bits per heavy atom. The molecule has 248 valence electrons. The van der Waals surface area contributed by atoms with E-state index in [1.165, 1.54) is 52.6 Å². The Bertz CT molecular complexity index is 1440. The van der Waals surface area contributed by atoms with Gasteiger partial charge in [0, 0.05) is 49.5 Å². The fourth-order valence-corrected chi connectivity index (χ4v) is 7.05. The van der Waals surface area contributed by atoms with Crippen molar-refractivity contribution < 1.29 is 9.59 Å². The Morgan fingerprint density at radius 3 is 1.32 bits per heavy atom. The predicted molar refractivity (Wildman–Crippen MR) is 195 cm³/mol. The molecular weight excluding hydrogens is 576 g/mol. The number of nitrogens with zero attached hydrogens (tertiary/aromatic N) is 2. The van der Waals surface area contributed by atoms with Crippen LogP contribution in [0.15, 0.2) is 48.6 Å². The van der Waals surface area contributed by atoms with Crippen molar-refractivity contribution in [2.75, 3.05) is 26.2 Å². The van der Waals surface area contributed by atoms with Gasteiger partial charge in [-0.05, 0) is 168 Å². The van der Waals surface area contributed by atoms with Gasteiger partial charge in [0.2, 0.25) is 11.8 Å². The Kier molecular flexibility index (Phi) is 13.1. The molecule has 4 heteroatoms. The van der Waals surface area contributed by atoms with Crippen LogP contribution in [0.3, 0.4) is 0 Å². The summed E-state index contributed by atoms with van der Waals surface area (Å²) < 4.78 is 0. The zero-order chi connectivity index (χ0) is 33.9. The minimum absolute atomic E-state index is 0.0701. The Morgan fingerprint density at radius 2 is 1.00 bits per heavy atom. The van der Waals surface area contributed by atoms with Crippen LogP contribution in [-0.4, -0.2) is 47.8 Å². The van der Waals surface area contributed by atoms with E-state index < -0.39 is 0 Å². The third-order valence-electron chi connectivity index (χ3n) is 10.7. The molecule has 0 unspecified atom stereocenters. The molecular formula is C43H54N2O2. The summed E-state index contributed by atoms with van der Waals surface area (Å²) in [6.07, 6.45) is 14.7. The fraction of sp³-hybridized carbons (Fsp3) is 0.488. The smallest absolute Gasteiger partial charge is 0.247 e. The van der Waals surface area contributed by atoms with E-state index in [2.05, 4.69) is 96.4 Å². The third-order valence-corrected chi connectivity index (χ3v) is 10.7. The maximum absolute atomic E-state index is 12.8. The van der Waals surface area contributed by atoms with Crippen LogP contribution in [-0.2, 0) is 9.59 Å². The zero-order valence-corrected chi connectivity index (χ0v) is 29.8. The van der Waals surface area contributed by atoms with E-state index in [4.69, 9.17) is 0 Å². The highest BCUT2D eigenvalue weighted by molar-refractivity contribution is 5.88. The molecule has 0 spiro atoms. The van der Waals surface area contributed by atoms with Gasteiger partial charge in [-0.3, -0.25) is 9.59 Å². The molecule has 4 nitrogen and oxygen atoms in total. The number of piperidine rings is 2. The molecule has 2 amide bonds. The van der Waals surface area contributed by atoms with Gasteiger partial charge in [0.1, 0.15) is 0 Å². The number of likely N-dealkylation sites (tertiary alicyclic amines) is 2. The van der Waals surface area contributed by atoms with Crippen molar-refractivity contribution in [1.29, 1.82) is 0 Å². The largest absolute Gasteiger partial charge is 0.339 e. The number of aryl methyl sites for hydroxylation is 4. The highest BCUT2D eigenvalue weighted by atomic mass is 16.2. The number of carbonyl (C=O) groups excluding carboxylic acids is 2. The van der Waals surface area contributed by atoms with Crippen molar-refractivity contribution in [1.82, 2.24) is 9.80 Å². The minimum Gasteiger partial charge on any atom is -0.339 e. The van der Waals surface area contributed by atoms with Crippen LogP contribution in [0.2, 0.25) is 0 Å². The average Bonchev–Trinajstić information content (AvgIpc) is 3.06. The maximum Gasteiger partial charge on any atom is 0.247 e. The van der Waals surface area contributed by atoms with Crippen molar-refractivity contribution in [2.24, 2.45) is 17.8 Å². The van der Waals surface area contributed by atoms with Crippen molar-refractivity contribution >= 4 is 11.8 Å². The average molecular weight is 631 g/mol. The highest BCUT2D eigenvalue weighted by Gasteiger charge is 2.27. The molecule has 0 saturated carbocycles. The maximum atomic E-state index is 12.8. The summed E-state index contributed by atoms with van der Waals surface area (Å²) in [5, 5.41) is 0. The van der Waals surface area contributed by atoms with E-state index in [0.717, 1.165) is 63.0 Å². The lowest BCUT2D eigenvalue weighted by Crippen LogP contribution is -2.39. The molecule has 2 heterocycles. The standard InChI is InChI=1S/C43H54N2O2/c1-8-37(29-38-17-21-44(22-18-38)42(46)15-11-9-13-40-25-31(2)35(6)32(3)26-40)30-39-19-23-45(24-20-39)43(47)16-12-10-14-41-27-33(4)36(7)34(5)28-41/h11-12,15-16,25-28,37-39H,8,17-24,29-30H2,1-7H3/b15-11+,16-12+. The number of benzene rings is 2. The number of hydrogen-bond donors (Lipinski definition) is 0. The van der Waals surface area contributed by atoms with Crippen LogP contribution in [0.1, 0.15) is 96.4 Å². The molecule has 0 aliphatic carbocycles. The summed E-state index contributed by atoms with van der Waals surface area (Å²) in [4.78, 5) is 29.5. The molecule has 2 aliphatic rings. The van der Waals surface area contributed by atoms with E-state index in [-0.39, 0.29) is 11.8 Å². The minimum atomic E-state index is 0.0701. The van der Waals surface area contributed by atoms with E-state index in [0.29, 0.717) is 17.8 Å². The number of rotatable bonds is 7. The first-order valence-electron chi connectivity index (χ1n) is 17.6. The quantitative estimate of drug-likeness (QED) is 0.228. The second kappa shape index (κ2) is 17.2. The summed E-state index contributed by atoms with van der Waals surface area (Å²) in [5.74, 6) is 14.7. The second-order valence-electron chi connectivity index (χ2n) is 14.0. The number of amides is 2. The molecule has 0 atom stereocenters. The summed E-state index contributed by atoms with van der Waals surface area (Å²) in [7, 11) is 0. The van der Waals surface area contributed by atoms with Crippen LogP contribution in [0.5, 0.6) is 0 Å². The monoisotopic (exact) mass is 630 g/mol. The molecule has 0 radical (unpaired) electrons. The van der Waals surface area contributed by atoms with E-state index in [1.807, 2.05) is 9.80 Å². The van der Waals surface area contributed by atoms with E-state index in [1.54, 1.807) is 24.3 Å². The molecule has 0 bridgehead atoms. The van der Waals surface area contributed by atoms with Crippen LogP contribution < -0.4 is 0 Å². The molecule has 47 heavy (non-hydrogen) atoms. The molecule has 0 aromatic heterocycles. The van der Waals surface area contributed by atoms with Gasteiger partial charge in [-0.15, -0.1) is 0 Å². The Labute approximate surface area is 284 Å². The van der Waals surface area contributed by atoms with Gasteiger partial charge in [-0.2, -0.15) is 0 Å². The van der Waals surface area contributed by atoms with Gasteiger partial charge in [0.05, 0.1) is 0 Å². The summed E-state index contributed by atoms with van der Waals surface area (Å²) >= 11 is 0. The first-order valence-corrected chi connectivity index (χ1v) is 17.6. The van der Waals surface area contributed by atoms with Gasteiger partial charge in [-0.25, -0.2) is 0 Å². The lowest BCUT2D eigenvalue weighted by atomic mass is 9.79. The molecule has 4 rings (SSSR count). The van der Waals surface area contributed by atoms with Crippen LogP contribution >= 0.6 is 0 Å². The second-order valence-corrected chi connectivity index (χ2v) is 14.0. The van der Waals surface area contributed by atoms with E-state index in [9.17, 15) is 9.59 Å². The topological polar surface area (TPSA) is 40.6 Å². The van der Waals surface area contributed by atoms with Crippen LogP contribution in [0.4, 0.5) is 0 Å². The third kappa shape index (κ3) is 10.5. The number of hydrogen-bond acceptors (Lipinski definition) is 2. The molecule has 2 fully saturated rings. The molecule has 2 aliphatic heterocycles. The molecule has 2 saturated heterocycles. The van der Waals surface area contributed by atoms with Gasteiger partial charge < -0.3 is 9.80 Å². The molecule has 2 aromatic rings. The summed E-state index contributed by atoms with van der Waals surface area (Å²) in [6, 6.07) is 8.42. The lowest BCUT2D eigenvalue weighted by Gasteiger charge is -2.36. The van der Waals surface area contributed by atoms with Gasteiger partial charge in [0.25, 0.3) is 0 Å². The fourth-order valence-electron chi connectivity index (χ4n) is 7.05. The lowest BCUT2D eigenvalue weighted by molar-refractivity contribution is -0.128. The zero-order valence-electron chi connectivity index (χ0n) is 29.8. The first kappa shape index (κ1) is 35.8. The normalized spacial score (nSPS) is 16.0. The highest BCUT2D eigenvalue weighted by Crippen LogP contribution is 2.33. The van der Waals surface area contributed by atoms with Crippen molar-refractivity contribution in [3.05, 3.63) is 93.1 Å². The first-order chi connectivity index (χ1) is 22.5. The van der Waals surface area contributed by atoms with Gasteiger partial charge in [0.15, 0.2) is 0 Å². The summed E-state index contributed by atoms with van der Waals surface area (Å²) in [6.45, 7) is 18.3. The summed E-state index contributed by atoms with van der Waals surface area (Å²) in [5.41, 5.74) is 9.57. The SMILES string of the molecule is CCC(CC1CCN(C(=O)/C=C/C#Cc2cc(C)c(C)c(C)c2)CC1)CC1CCN(C(=O)/C=C/C#Cc2cc(C)c(C)c(C)c2)CC1. The van der Waals surface area contributed by atoms with Crippen molar-refractivity contribution in [3.63, 3.8) is 0 Å². The van der Waals surface area contributed by atoms with Crippen molar-refractivity contribution in [3.8, 4) is 23.7 Å². The Balaban J connectivity index is 1.16. The van der Waals surface area contributed by atoms with E-state index >= 15 is 0 Å². The van der Waals surface area contributed by atoms with Gasteiger partial charge >= 0.3 is 0 Å². The molecule has 2 aromatic carbocycles. The number of allylic oxidation sites excluding steroid dienone is 2. The van der Waals surface area contributed by atoms with Gasteiger partial charge in [-0.1, -0.05) is 37.0 Å². The Hall–Kier alpha value is -4.02. The number of carbonyl (C=O) groups is 2.